The van der Waals surface area contributed by atoms with Gasteiger partial charge in [0.05, 0.1) is 12.1 Å². The molecule has 0 atom stereocenters. The van der Waals surface area contributed by atoms with Crippen LogP contribution in [0, 0.1) is 17.7 Å². The minimum Gasteiger partial charge on any atom is -0.345 e. The van der Waals surface area contributed by atoms with Crippen molar-refractivity contribution in [2.24, 2.45) is 0 Å². The maximum Gasteiger partial charge on any atom is 0.416 e. The summed E-state index contributed by atoms with van der Waals surface area (Å²) in [7, 11) is 0. The Bertz CT molecular complexity index is 511. The molecule has 1 rings (SSSR count). The third-order valence-electron chi connectivity index (χ3n) is 1.88. The van der Waals surface area contributed by atoms with E-state index in [-0.39, 0.29) is 18.0 Å². The minimum absolute atomic E-state index is 0.00675. The van der Waals surface area contributed by atoms with Crippen LogP contribution < -0.4 is 5.32 Å². The van der Waals surface area contributed by atoms with Crippen molar-refractivity contribution >= 4 is 5.91 Å². The van der Waals surface area contributed by atoms with E-state index in [1.807, 2.05) is 0 Å². The first-order valence-corrected chi connectivity index (χ1v) is 4.90. The molecule has 0 spiro atoms. The zero-order valence-corrected chi connectivity index (χ0v) is 9.36. The highest BCUT2D eigenvalue weighted by atomic mass is 19.4. The topological polar surface area (TPSA) is 29.1 Å². The summed E-state index contributed by atoms with van der Waals surface area (Å²) in [6.07, 6.45) is -4.61. The average molecular weight is 259 g/mol. The van der Waals surface area contributed by atoms with Gasteiger partial charge in [0.25, 0.3) is 0 Å². The second kappa shape index (κ2) is 5.54. The van der Waals surface area contributed by atoms with Crippen LogP contribution in [0.2, 0.25) is 0 Å². The van der Waals surface area contributed by atoms with Crippen LogP contribution in [-0.2, 0) is 11.0 Å². The summed E-state index contributed by atoms with van der Waals surface area (Å²) in [5, 5.41) is 2.35. The van der Waals surface area contributed by atoms with Crippen LogP contribution in [-0.4, -0.2) is 12.5 Å². The first kappa shape index (κ1) is 14.0. The van der Waals surface area contributed by atoms with E-state index in [1.54, 1.807) is 0 Å². The van der Waals surface area contributed by atoms with Gasteiger partial charge < -0.3 is 5.32 Å². The highest BCUT2D eigenvalue weighted by Gasteiger charge is 2.31. The molecule has 0 saturated heterocycles. The maximum atomic E-state index is 13.0. The lowest BCUT2D eigenvalue weighted by molar-refractivity contribution is -0.137. The minimum atomic E-state index is -4.61. The Labute approximate surface area is 101 Å². The van der Waals surface area contributed by atoms with Gasteiger partial charge in [-0.3, -0.25) is 4.79 Å². The summed E-state index contributed by atoms with van der Waals surface area (Å²) in [5.74, 6) is 3.46. The Kier molecular flexibility index (Phi) is 4.32. The zero-order valence-electron chi connectivity index (χ0n) is 9.36. The Hall–Kier alpha value is -2.03. The number of alkyl halides is 3. The summed E-state index contributed by atoms with van der Waals surface area (Å²) in [6.45, 7) is 1.28. The summed E-state index contributed by atoms with van der Waals surface area (Å²) in [4.78, 5) is 10.5. The molecule has 1 amide bonds. The van der Waals surface area contributed by atoms with Gasteiger partial charge in [0.2, 0.25) is 5.91 Å². The molecule has 0 aliphatic heterocycles. The molecule has 0 aliphatic carbocycles. The SMILES string of the molecule is CC(=O)NCC#Cc1cc(F)cc(C(F)(F)F)c1. The van der Waals surface area contributed by atoms with E-state index < -0.39 is 17.6 Å². The maximum absolute atomic E-state index is 13.0. The molecule has 0 aromatic heterocycles. The quantitative estimate of drug-likeness (QED) is 0.608. The molecular formula is C12H9F4NO. The number of hydrogen-bond donors (Lipinski definition) is 1. The van der Waals surface area contributed by atoms with Gasteiger partial charge in [-0.1, -0.05) is 11.8 Å². The second-order valence-electron chi connectivity index (χ2n) is 3.44. The lowest BCUT2D eigenvalue weighted by atomic mass is 10.1. The van der Waals surface area contributed by atoms with Crippen molar-refractivity contribution in [3.8, 4) is 11.8 Å². The molecule has 0 aliphatic rings. The van der Waals surface area contributed by atoms with Crippen LogP contribution in [0.5, 0.6) is 0 Å². The monoisotopic (exact) mass is 259 g/mol. The standard InChI is InChI=1S/C12H9F4NO/c1-8(18)17-4-2-3-9-5-10(12(14,15)16)7-11(13)6-9/h5-7H,4H2,1H3,(H,17,18). The fraction of sp³-hybridized carbons (Fsp3) is 0.250. The summed E-state index contributed by atoms with van der Waals surface area (Å²) in [6, 6.07) is 2.05. The Morgan fingerprint density at radius 2 is 2.00 bits per heavy atom. The van der Waals surface area contributed by atoms with Crippen LogP contribution in [0.4, 0.5) is 17.6 Å². The normalized spacial score (nSPS) is 10.5. The molecule has 0 bridgehead atoms. The fourth-order valence-electron chi connectivity index (χ4n) is 1.14. The lowest BCUT2D eigenvalue weighted by Crippen LogP contribution is -2.19. The van der Waals surface area contributed by atoms with E-state index in [0.717, 1.165) is 12.1 Å². The van der Waals surface area contributed by atoms with Gasteiger partial charge in [0.15, 0.2) is 0 Å². The molecule has 6 heteroatoms. The van der Waals surface area contributed by atoms with E-state index in [1.165, 1.54) is 6.92 Å². The van der Waals surface area contributed by atoms with Crippen LogP contribution >= 0.6 is 0 Å². The average Bonchev–Trinajstić information content (AvgIpc) is 2.22. The second-order valence-corrected chi connectivity index (χ2v) is 3.44. The fourth-order valence-corrected chi connectivity index (χ4v) is 1.14. The molecule has 2 nitrogen and oxygen atoms in total. The van der Waals surface area contributed by atoms with Crippen molar-refractivity contribution in [3.63, 3.8) is 0 Å². The van der Waals surface area contributed by atoms with Gasteiger partial charge >= 0.3 is 6.18 Å². The third kappa shape index (κ3) is 4.45. The van der Waals surface area contributed by atoms with Crippen LogP contribution in [0.3, 0.4) is 0 Å². The number of benzene rings is 1. The number of nitrogens with one attached hydrogen (secondary N) is 1. The predicted molar refractivity (Wildman–Crippen MR) is 57.0 cm³/mol. The van der Waals surface area contributed by atoms with Crippen molar-refractivity contribution < 1.29 is 22.4 Å². The summed E-state index contributed by atoms with van der Waals surface area (Å²) < 4.78 is 50.1. The first-order chi connectivity index (χ1) is 8.29. The number of rotatable bonds is 1. The molecule has 0 heterocycles. The van der Waals surface area contributed by atoms with E-state index >= 15 is 0 Å². The van der Waals surface area contributed by atoms with E-state index in [4.69, 9.17) is 0 Å². The number of carbonyl (C=O) groups excluding carboxylic acids is 1. The van der Waals surface area contributed by atoms with E-state index in [2.05, 4.69) is 17.2 Å². The summed E-state index contributed by atoms with van der Waals surface area (Å²) in [5.41, 5.74) is -1.18. The lowest BCUT2D eigenvalue weighted by Gasteiger charge is -2.06. The van der Waals surface area contributed by atoms with Gasteiger partial charge in [-0.25, -0.2) is 4.39 Å². The van der Waals surface area contributed by atoms with Crippen LogP contribution in [0.25, 0.3) is 0 Å². The van der Waals surface area contributed by atoms with Gasteiger partial charge in [-0.05, 0) is 18.2 Å². The van der Waals surface area contributed by atoms with E-state index in [9.17, 15) is 22.4 Å². The van der Waals surface area contributed by atoms with Crippen molar-refractivity contribution in [1.29, 1.82) is 0 Å². The van der Waals surface area contributed by atoms with Crippen LogP contribution in [0.15, 0.2) is 18.2 Å². The van der Waals surface area contributed by atoms with Gasteiger partial charge in [0.1, 0.15) is 5.82 Å². The molecule has 0 unspecified atom stereocenters. The van der Waals surface area contributed by atoms with Crippen molar-refractivity contribution in [1.82, 2.24) is 5.32 Å². The zero-order chi connectivity index (χ0) is 13.8. The van der Waals surface area contributed by atoms with E-state index in [0.29, 0.717) is 6.07 Å². The van der Waals surface area contributed by atoms with Crippen molar-refractivity contribution in [2.75, 3.05) is 6.54 Å². The van der Waals surface area contributed by atoms with Gasteiger partial charge in [-0.15, -0.1) is 0 Å². The molecule has 1 aromatic rings. The molecule has 0 saturated carbocycles. The Balaban J connectivity index is 2.90. The molecular weight excluding hydrogens is 250 g/mol. The Morgan fingerprint density at radius 3 is 2.56 bits per heavy atom. The number of hydrogen-bond acceptors (Lipinski definition) is 1. The Morgan fingerprint density at radius 1 is 1.33 bits per heavy atom. The third-order valence-corrected chi connectivity index (χ3v) is 1.88. The molecule has 1 aromatic carbocycles. The van der Waals surface area contributed by atoms with Crippen LogP contribution in [0.1, 0.15) is 18.1 Å². The molecule has 1 N–H and O–H groups in total. The number of amides is 1. The van der Waals surface area contributed by atoms with Gasteiger partial charge in [0, 0.05) is 12.5 Å². The van der Waals surface area contributed by atoms with Crippen molar-refractivity contribution in [3.05, 3.63) is 35.1 Å². The summed E-state index contributed by atoms with van der Waals surface area (Å²) >= 11 is 0. The molecule has 96 valence electrons. The molecule has 0 fully saturated rings. The van der Waals surface area contributed by atoms with Crippen molar-refractivity contribution in [2.45, 2.75) is 13.1 Å². The largest absolute Gasteiger partial charge is 0.416 e. The first-order valence-electron chi connectivity index (χ1n) is 4.90. The highest BCUT2D eigenvalue weighted by molar-refractivity contribution is 5.73. The highest BCUT2D eigenvalue weighted by Crippen LogP contribution is 2.30. The number of carbonyl (C=O) groups is 1. The smallest absolute Gasteiger partial charge is 0.345 e. The number of halogens is 4. The molecule has 18 heavy (non-hydrogen) atoms. The predicted octanol–water partition coefficient (Wildman–Crippen LogP) is 2.33. The van der Waals surface area contributed by atoms with Gasteiger partial charge in [-0.2, -0.15) is 13.2 Å². The molecule has 0 radical (unpaired) electrons.